The summed E-state index contributed by atoms with van der Waals surface area (Å²) >= 11 is 0. The van der Waals surface area contributed by atoms with Gasteiger partial charge in [0.05, 0.1) is 29.7 Å². The zero-order chi connectivity index (χ0) is 28.6. The molecule has 2 aliphatic heterocycles. The van der Waals surface area contributed by atoms with Crippen LogP contribution in [0, 0.1) is 11.8 Å². The smallest absolute Gasteiger partial charge is 0.340 e. The molecule has 3 aliphatic rings. The van der Waals surface area contributed by atoms with Crippen molar-refractivity contribution in [2.24, 2.45) is 17.6 Å². The Morgan fingerprint density at radius 1 is 1.15 bits per heavy atom. The molecule has 3 N–H and O–H groups in total. The normalized spacial score (nSPS) is 23.7. The number of carbonyl (C=O) groups excluding carboxylic acids is 2. The molecule has 1 aliphatic carbocycles. The van der Waals surface area contributed by atoms with E-state index in [0.29, 0.717) is 47.8 Å². The lowest BCUT2D eigenvalue weighted by Crippen LogP contribution is -2.56. The second-order valence-electron chi connectivity index (χ2n) is 12.6. The van der Waals surface area contributed by atoms with Crippen LogP contribution in [-0.2, 0) is 15.1 Å². The fourth-order valence-corrected chi connectivity index (χ4v) is 5.43. The molecule has 3 atom stereocenters. The number of fused-ring (bicyclic) bond motifs is 2. The number of carbonyl (C=O) groups is 2. The number of anilines is 2. The Balaban J connectivity index is 1.27. The third-order valence-corrected chi connectivity index (χ3v) is 8.50. The quantitative estimate of drug-likeness (QED) is 0.437. The summed E-state index contributed by atoms with van der Waals surface area (Å²) in [5, 5.41) is 4.90. The number of ether oxygens (including phenoxy) is 2. The highest BCUT2D eigenvalue weighted by molar-refractivity contribution is 5.93. The van der Waals surface area contributed by atoms with Crippen LogP contribution in [0.3, 0.4) is 0 Å². The Bertz CT molecular complexity index is 1520. The number of hydrogen-bond donors (Lipinski definition) is 2. The van der Waals surface area contributed by atoms with Gasteiger partial charge in [-0.2, -0.15) is 0 Å². The fraction of sp³-hybridized carbons (Fsp3) is 0.500. The molecule has 0 aromatic carbocycles. The molecule has 0 radical (unpaired) electrons. The van der Waals surface area contributed by atoms with Crippen molar-refractivity contribution < 1.29 is 19.1 Å². The van der Waals surface area contributed by atoms with Gasteiger partial charge in [0.2, 0.25) is 11.8 Å². The maximum absolute atomic E-state index is 12.5. The lowest BCUT2D eigenvalue weighted by atomic mass is 9.84. The van der Waals surface area contributed by atoms with Crippen LogP contribution in [0.5, 0.6) is 5.88 Å². The number of aromatic nitrogens is 3. The molecule has 3 aromatic heterocycles. The van der Waals surface area contributed by atoms with Gasteiger partial charge in [-0.05, 0) is 69.2 Å². The van der Waals surface area contributed by atoms with Crippen molar-refractivity contribution in [1.82, 2.24) is 19.9 Å². The first-order valence-corrected chi connectivity index (χ1v) is 13.9. The number of hydrogen-bond acceptors (Lipinski definition) is 9. The van der Waals surface area contributed by atoms with E-state index in [-0.39, 0.29) is 29.8 Å². The molecule has 1 amide bonds. The number of pyridine rings is 3. The molecular formula is C30H36N6O4. The van der Waals surface area contributed by atoms with Crippen LogP contribution in [0.4, 0.5) is 11.6 Å². The van der Waals surface area contributed by atoms with E-state index in [1.165, 1.54) is 0 Å². The zero-order valence-electron chi connectivity index (χ0n) is 23.8. The third kappa shape index (κ3) is 4.64. The Hall–Kier alpha value is -3.79. The number of likely N-dealkylation sites (tertiary alicyclic amines) is 1. The van der Waals surface area contributed by atoms with Crippen molar-refractivity contribution in [2.75, 3.05) is 18.4 Å². The maximum Gasteiger partial charge on any atom is 0.340 e. The largest absolute Gasteiger partial charge is 0.470 e. The standard InChI is InChI=1S/C30H36N6O4/c1-15-9-19(15)27(37)36-13-17(14-36)39-26-21-11-32-24(10-20(21)22(12-33-26)29(3,4)31)34-23-8-7-18-25(35-23)16(2)30(5,6)40-28(18)38/h7-8,10-12,15-17,19H,9,13-14,31H2,1-6H3,(H,32,34,35)/t15-,16+,19-/m0/s1. The molecule has 40 heavy (non-hydrogen) atoms. The molecule has 6 rings (SSSR count). The minimum absolute atomic E-state index is 0.0765. The number of nitrogens with zero attached hydrogens (tertiary/aromatic N) is 4. The first-order chi connectivity index (χ1) is 18.8. The first kappa shape index (κ1) is 26.4. The van der Waals surface area contributed by atoms with Crippen molar-refractivity contribution in [3.8, 4) is 5.88 Å². The van der Waals surface area contributed by atoms with Gasteiger partial charge >= 0.3 is 5.97 Å². The zero-order valence-corrected chi connectivity index (χ0v) is 23.8. The average molecular weight is 545 g/mol. The molecule has 10 heteroatoms. The molecular weight excluding hydrogens is 508 g/mol. The second-order valence-corrected chi connectivity index (χ2v) is 12.6. The van der Waals surface area contributed by atoms with Gasteiger partial charge in [-0.15, -0.1) is 0 Å². The van der Waals surface area contributed by atoms with Crippen LogP contribution < -0.4 is 15.8 Å². The lowest BCUT2D eigenvalue weighted by molar-refractivity contribution is -0.141. The Morgan fingerprint density at radius 3 is 2.55 bits per heavy atom. The summed E-state index contributed by atoms with van der Waals surface area (Å²) in [5.74, 6) is 2.08. The summed E-state index contributed by atoms with van der Waals surface area (Å²) in [7, 11) is 0. The predicted molar refractivity (Wildman–Crippen MR) is 150 cm³/mol. The van der Waals surface area contributed by atoms with Crippen molar-refractivity contribution in [1.29, 1.82) is 0 Å². The molecule has 5 heterocycles. The monoisotopic (exact) mass is 544 g/mol. The second kappa shape index (κ2) is 9.12. The van der Waals surface area contributed by atoms with Gasteiger partial charge in [-0.3, -0.25) is 4.79 Å². The van der Waals surface area contributed by atoms with Gasteiger partial charge in [0, 0.05) is 29.8 Å². The molecule has 0 bridgehead atoms. The van der Waals surface area contributed by atoms with E-state index in [1.54, 1.807) is 24.5 Å². The molecule has 1 saturated heterocycles. The Morgan fingerprint density at radius 2 is 1.88 bits per heavy atom. The predicted octanol–water partition coefficient (Wildman–Crippen LogP) is 4.26. The molecule has 10 nitrogen and oxygen atoms in total. The van der Waals surface area contributed by atoms with Gasteiger partial charge in [-0.25, -0.2) is 19.7 Å². The van der Waals surface area contributed by atoms with Gasteiger partial charge in [0.1, 0.15) is 23.3 Å². The number of cyclic esters (lactones) is 1. The van der Waals surface area contributed by atoms with Crippen molar-refractivity contribution >= 4 is 34.3 Å². The van der Waals surface area contributed by atoms with Crippen LogP contribution in [0.15, 0.2) is 30.6 Å². The van der Waals surface area contributed by atoms with E-state index in [1.807, 2.05) is 45.6 Å². The Kier molecular flexibility index (Phi) is 6.03. The highest BCUT2D eigenvalue weighted by Gasteiger charge is 2.45. The van der Waals surface area contributed by atoms with Crippen LogP contribution in [0.25, 0.3) is 10.8 Å². The molecule has 2 fully saturated rings. The topological polar surface area (TPSA) is 133 Å². The van der Waals surface area contributed by atoms with Gasteiger partial charge in [-0.1, -0.05) is 13.8 Å². The highest BCUT2D eigenvalue weighted by Crippen LogP contribution is 2.41. The van der Waals surface area contributed by atoms with Gasteiger partial charge < -0.3 is 25.4 Å². The summed E-state index contributed by atoms with van der Waals surface area (Å²) in [6.07, 6.45) is 4.35. The summed E-state index contributed by atoms with van der Waals surface area (Å²) in [6, 6.07) is 5.40. The van der Waals surface area contributed by atoms with Crippen molar-refractivity contribution in [3.63, 3.8) is 0 Å². The number of rotatable bonds is 6. The van der Waals surface area contributed by atoms with E-state index in [0.717, 1.165) is 22.8 Å². The van der Waals surface area contributed by atoms with Gasteiger partial charge in [0.15, 0.2) is 0 Å². The number of nitrogens with one attached hydrogen (secondary N) is 1. The minimum Gasteiger partial charge on any atom is -0.470 e. The van der Waals surface area contributed by atoms with Gasteiger partial charge in [0.25, 0.3) is 0 Å². The molecule has 210 valence electrons. The highest BCUT2D eigenvalue weighted by atomic mass is 16.6. The average Bonchev–Trinajstić information content (AvgIpc) is 3.59. The Labute approximate surface area is 233 Å². The number of esters is 1. The van der Waals surface area contributed by atoms with E-state index in [9.17, 15) is 9.59 Å². The van der Waals surface area contributed by atoms with Crippen molar-refractivity contribution in [2.45, 2.75) is 71.1 Å². The minimum atomic E-state index is -0.658. The van der Waals surface area contributed by atoms with Crippen LogP contribution in [-0.4, -0.2) is 56.5 Å². The summed E-state index contributed by atoms with van der Waals surface area (Å²) < 4.78 is 11.8. The molecule has 0 spiro atoms. The third-order valence-electron chi connectivity index (χ3n) is 8.50. The first-order valence-electron chi connectivity index (χ1n) is 13.9. The maximum atomic E-state index is 12.5. The number of amides is 1. The molecule has 0 unspecified atom stereocenters. The summed E-state index contributed by atoms with van der Waals surface area (Å²) in [5.41, 5.74) is 7.24. The van der Waals surface area contributed by atoms with Crippen molar-refractivity contribution in [3.05, 3.63) is 47.4 Å². The number of nitrogens with two attached hydrogens (primary N) is 1. The fourth-order valence-electron chi connectivity index (χ4n) is 5.43. The molecule has 1 saturated carbocycles. The SMILES string of the molecule is C[C@@H]1c2nc(Nc3cc4c(C(C)(C)N)cnc(OC5CN(C(=O)[C@H]6C[C@@H]6C)C5)c4cn3)ccc2C(=O)OC1(C)C. The summed E-state index contributed by atoms with van der Waals surface area (Å²) in [4.78, 5) is 40.8. The van der Waals surface area contributed by atoms with E-state index in [2.05, 4.69) is 22.2 Å². The van der Waals surface area contributed by atoms with E-state index >= 15 is 0 Å². The van der Waals surface area contributed by atoms with Crippen LogP contribution >= 0.6 is 0 Å². The van der Waals surface area contributed by atoms with E-state index < -0.39 is 11.1 Å². The lowest BCUT2D eigenvalue weighted by Gasteiger charge is -2.39. The molecule has 3 aromatic rings. The van der Waals surface area contributed by atoms with E-state index in [4.69, 9.17) is 20.2 Å². The summed E-state index contributed by atoms with van der Waals surface area (Å²) in [6.45, 7) is 12.9. The van der Waals surface area contributed by atoms with Crippen LogP contribution in [0.1, 0.15) is 75.5 Å². The van der Waals surface area contributed by atoms with Crippen LogP contribution in [0.2, 0.25) is 0 Å².